The number of nitrogens with one attached hydrogen (secondary N) is 1. The Labute approximate surface area is 184 Å². The number of carbonyl (C=O) groups excluding carboxylic acids is 1. The van der Waals surface area contributed by atoms with Gasteiger partial charge in [0.15, 0.2) is 5.82 Å². The molecule has 4 nitrogen and oxygen atoms in total. The van der Waals surface area contributed by atoms with Crippen LogP contribution < -0.4 is 5.32 Å². The molecule has 0 saturated heterocycles. The number of benzene rings is 2. The molecule has 1 aliphatic rings. The Morgan fingerprint density at radius 1 is 1.23 bits per heavy atom. The molecule has 0 saturated carbocycles. The lowest BCUT2D eigenvalue weighted by atomic mass is 9.86. The maximum absolute atomic E-state index is 14.1. The van der Waals surface area contributed by atoms with Crippen LogP contribution in [0.5, 0.6) is 0 Å². The monoisotopic (exact) mass is 480 g/mol. The second-order valence-electron chi connectivity index (χ2n) is 6.86. The summed E-state index contributed by atoms with van der Waals surface area (Å²) in [6.07, 6.45) is -5.65. The molecule has 31 heavy (non-hydrogen) atoms. The number of halogens is 7. The highest BCUT2D eigenvalue weighted by molar-refractivity contribution is 6.35. The molecule has 1 heterocycles. The summed E-state index contributed by atoms with van der Waals surface area (Å²) in [5, 5.41) is 4.83. The molecule has 0 bridgehead atoms. The largest absolute Gasteiger partial charge is 0.435 e. The summed E-state index contributed by atoms with van der Waals surface area (Å²) < 4.78 is 68.1. The normalized spacial score (nSPS) is 18.5. The van der Waals surface area contributed by atoms with Crippen LogP contribution in [0.15, 0.2) is 35.5 Å². The Hall–Kier alpha value is -2.39. The standard InChI is InChI=1S/C20H15Cl2F5N2O2/c1-10-6-11(2-3-13(10)18(30)28-5-4-23)16-9-19(31-29-16,20(25,26)27)12-7-14(21)17(24)15(22)8-12/h2-3,6-8H,4-5,9H2,1H3,(H,28,30). The maximum Gasteiger partial charge on any atom is 0.435 e. The molecule has 2 aromatic rings. The smallest absolute Gasteiger partial charge is 0.374 e. The van der Waals surface area contributed by atoms with Crippen LogP contribution in [-0.2, 0) is 10.4 Å². The van der Waals surface area contributed by atoms with Crippen molar-refractivity contribution in [2.75, 3.05) is 13.2 Å². The van der Waals surface area contributed by atoms with E-state index in [4.69, 9.17) is 28.0 Å². The van der Waals surface area contributed by atoms with E-state index in [9.17, 15) is 26.7 Å². The average molecular weight is 481 g/mol. The van der Waals surface area contributed by atoms with Crippen molar-refractivity contribution >= 4 is 34.8 Å². The Balaban J connectivity index is 1.95. The number of hydrogen-bond acceptors (Lipinski definition) is 3. The summed E-state index contributed by atoms with van der Waals surface area (Å²) in [5.41, 5.74) is -2.44. The molecular formula is C20H15Cl2F5N2O2. The van der Waals surface area contributed by atoms with E-state index in [0.29, 0.717) is 11.1 Å². The number of oxime groups is 1. The predicted molar refractivity (Wildman–Crippen MR) is 106 cm³/mol. The van der Waals surface area contributed by atoms with E-state index in [1.807, 2.05) is 0 Å². The molecule has 1 amide bonds. The van der Waals surface area contributed by atoms with Crippen molar-refractivity contribution in [3.05, 3.63) is 68.4 Å². The minimum atomic E-state index is -4.93. The van der Waals surface area contributed by atoms with E-state index in [-0.39, 0.29) is 17.8 Å². The number of aryl methyl sites for hydroxylation is 1. The molecule has 1 unspecified atom stereocenters. The van der Waals surface area contributed by atoms with E-state index >= 15 is 0 Å². The highest BCUT2D eigenvalue weighted by Crippen LogP contribution is 2.50. The Morgan fingerprint density at radius 3 is 2.42 bits per heavy atom. The van der Waals surface area contributed by atoms with Gasteiger partial charge in [-0.05, 0) is 42.3 Å². The van der Waals surface area contributed by atoms with Crippen LogP contribution >= 0.6 is 23.2 Å². The van der Waals surface area contributed by atoms with Crippen LogP contribution in [0.3, 0.4) is 0 Å². The first kappa shape index (κ1) is 23.3. The molecule has 0 aliphatic carbocycles. The molecule has 3 rings (SSSR count). The van der Waals surface area contributed by atoms with Gasteiger partial charge < -0.3 is 10.2 Å². The van der Waals surface area contributed by atoms with Gasteiger partial charge in [0.2, 0.25) is 0 Å². The lowest BCUT2D eigenvalue weighted by Crippen LogP contribution is -2.42. The van der Waals surface area contributed by atoms with Crippen molar-refractivity contribution in [1.29, 1.82) is 0 Å². The van der Waals surface area contributed by atoms with Gasteiger partial charge in [0, 0.05) is 24.1 Å². The van der Waals surface area contributed by atoms with Crippen LogP contribution in [0.4, 0.5) is 22.0 Å². The molecule has 0 fully saturated rings. The van der Waals surface area contributed by atoms with E-state index < -0.39 is 52.2 Å². The molecule has 1 aliphatic heterocycles. The zero-order valence-corrected chi connectivity index (χ0v) is 17.4. The molecular weight excluding hydrogens is 466 g/mol. The van der Waals surface area contributed by atoms with Crippen molar-refractivity contribution in [2.45, 2.75) is 25.1 Å². The summed E-state index contributed by atoms with van der Waals surface area (Å²) in [4.78, 5) is 16.9. The fraction of sp³-hybridized carbons (Fsp3) is 0.300. The first-order chi connectivity index (χ1) is 14.5. The van der Waals surface area contributed by atoms with Gasteiger partial charge in [-0.25, -0.2) is 8.78 Å². The molecule has 0 radical (unpaired) electrons. The topological polar surface area (TPSA) is 50.7 Å². The summed E-state index contributed by atoms with van der Waals surface area (Å²) in [7, 11) is 0. The van der Waals surface area contributed by atoms with Crippen molar-refractivity contribution in [3.8, 4) is 0 Å². The second kappa shape index (κ2) is 8.63. The van der Waals surface area contributed by atoms with Crippen molar-refractivity contribution in [3.63, 3.8) is 0 Å². The molecule has 11 heteroatoms. The third kappa shape index (κ3) is 4.34. The summed E-state index contributed by atoms with van der Waals surface area (Å²) >= 11 is 11.4. The Morgan fingerprint density at radius 2 is 1.87 bits per heavy atom. The Kier molecular flexibility index (Phi) is 6.48. The molecule has 0 aromatic heterocycles. The zero-order valence-electron chi connectivity index (χ0n) is 15.9. The summed E-state index contributed by atoms with van der Waals surface area (Å²) in [5.74, 6) is -1.55. The van der Waals surface area contributed by atoms with Gasteiger partial charge in [0.05, 0.1) is 15.8 Å². The number of amides is 1. The van der Waals surface area contributed by atoms with Crippen LogP contribution in [0, 0.1) is 12.7 Å². The van der Waals surface area contributed by atoms with E-state index in [1.54, 1.807) is 6.92 Å². The molecule has 1 N–H and O–H groups in total. The minimum Gasteiger partial charge on any atom is -0.374 e. The highest BCUT2D eigenvalue weighted by Gasteiger charge is 2.62. The van der Waals surface area contributed by atoms with Crippen molar-refractivity contribution < 1.29 is 31.6 Å². The van der Waals surface area contributed by atoms with Gasteiger partial charge in [-0.15, -0.1) is 0 Å². The van der Waals surface area contributed by atoms with E-state index in [2.05, 4.69) is 10.5 Å². The number of rotatable bonds is 5. The highest BCUT2D eigenvalue weighted by atomic mass is 35.5. The van der Waals surface area contributed by atoms with Gasteiger partial charge in [0.1, 0.15) is 6.67 Å². The average Bonchev–Trinajstić information content (AvgIpc) is 3.16. The molecule has 0 spiro atoms. The van der Waals surface area contributed by atoms with Gasteiger partial charge in [0.25, 0.3) is 11.5 Å². The maximum atomic E-state index is 14.1. The lowest BCUT2D eigenvalue weighted by molar-refractivity contribution is -0.275. The van der Waals surface area contributed by atoms with Crippen LogP contribution in [0.1, 0.15) is 33.5 Å². The number of carbonyl (C=O) groups is 1. The van der Waals surface area contributed by atoms with Gasteiger partial charge >= 0.3 is 6.18 Å². The lowest BCUT2D eigenvalue weighted by Gasteiger charge is -2.29. The minimum absolute atomic E-state index is 0.0345. The number of nitrogens with zero attached hydrogens (tertiary/aromatic N) is 1. The SMILES string of the molecule is Cc1cc(C2=NOC(c3cc(Cl)c(F)c(Cl)c3)(C(F)(F)F)C2)ccc1C(=O)NCCF. The first-order valence-electron chi connectivity index (χ1n) is 8.92. The predicted octanol–water partition coefficient (Wildman–Crippen LogP) is 5.72. The fourth-order valence-corrected chi connectivity index (χ4v) is 3.69. The van der Waals surface area contributed by atoms with Gasteiger partial charge in [-0.1, -0.05) is 34.4 Å². The third-order valence-corrected chi connectivity index (χ3v) is 5.37. The molecule has 1 atom stereocenters. The summed E-state index contributed by atoms with van der Waals surface area (Å²) in [6, 6.07) is 5.90. The first-order valence-corrected chi connectivity index (χ1v) is 9.67. The van der Waals surface area contributed by atoms with E-state index in [0.717, 1.165) is 12.1 Å². The van der Waals surface area contributed by atoms with Crippen molar-refractivity contribution in [2.24, 2.45) is 5.16 Å². The van der Waals surface area contributed by atoms with E-state index in [1.165, 1.54) is 18.2 Å². The van der Waals surface area contributed by atoms with Crippen LogP contribution in [0.2, 0.25) is 10.0 Å². The molecule has 166 valence electrons. The zero-order chi connectivity index (χ0) is 23.0. The van der Waals surface area contributed by atoms with Crippen LogP contribution in [-0.4, -0.2) is 31.0 Å². The van der Waals surface area contributed by atoms with Gasteiger partial charge in [-0.3, -0.25) is 4.79 Å². The van der Waals surface area contributed by atoms with Crippen molar-refractivity contribution in [1.82, 2.24) is 5.32 Å². The second-order valence-corrected chi connectivity index (χ2v) is 7.67. The fourth-order valence-electron chi connectivity index (χ4n) is 3.20. The number of alkyl halides is 4. The van der Waals surface area contributed by atoms with Gasteiger partial charge in [-0.2, -0.15) is 13.2 Å². The van der Waals surface area contributed by atoms with Crippen LogP contribution in [0.25, 0.3) is 0 Å². The third-order valence-electron chi connectivity index (χ3n) is 4.82. The Bertz CT molecular complexity index is 1040. The molecule has 2 aromatic carbocycles. The quantitative estimate of drug-likeness (QED) is 0.439. The summed E-state index contributed by atoms with van der Waals surface area (Å²) in [6.45, 7) is 0.701. The number of hydrogen-bond donors (Lipinski definition) is 1.